The third kappa shape index (κ3) is 3.68. The van der Waals surface area contributed by atoms with Gasteiger partial charge in [-0.05, 0) is 13.0 Å². The summed E-state index contributed by atoms with van der Waals surface area (Å²) in [6.45, 7) is 0.836. The van der Waals surface area contributed by atoms with E-state index in [0.29, 0.717) is 4.90 Å². The molecule has 2 aromatic rings. The van der Waals surface area contributed by atoms with Gasteiger partial charge in [0.1, 0.15) is 17.2 Å². The predicted molar refractivity (Wildman–Crippen MR) is 96.6 cm³/mol. The van der Waals surface area contributed by atoms with Crippen LogP contribution in [0.15, 0.2) is 12.3 Å². The summed E-state index contributed by atoms with van der Waals surface area (Å²) in [6, 6.07) is -1.55. The van der Waals surface area contributed by atoms with Crippen LogP contribution in [0.4, 0.5) is 26.3 Å². The van der Waals surface area contributed by atoms with Gasteiger partial charge in [-0.3, -0.25) is 14.3 Å². The number of Topliss-reactive ketones (excluding diaryl/α,β-unsaturated/α-hetero) is 1. The van der Waals surface area contributed by atoms with Crippen LogP contribution in [0.3, 0.4) is 0 Å². The first kappa shape index (κ1) is 22.7. The van der Waals surface area contributed by atoms with Crippen molar-refractivity contribution in [3.05, 3.63) is 33.3 Å². The summed E-state index contributed by atoms with van der Waals surface area (Å²) in [5.41, 5.74) is -1.48. The van der Waals surface area contributed by atoms with Gasteiger partial charge in [0.25, 0.3) is 0 Å². The number of amides is 1. The highest BCUT2D eigenvalue weighted by molar-refractivity contribution is 7.14. The lowest BCUT2D eigenvalue weighted by atomic mass is 9.75. The van der Waals surface area contributed by atoms with Crippen LogP contribution < -0.4 is 0 Å². The summed E-state index contributed by atoms with van der Waals surface area (Å²) in [5, 5.41) is 7.54. The van der Waals surface area contributed by atoms with Crippen LogP contribution in [0.5, 0.6) is 0 Å². The summed E-state index contributed by atoms with van der Waals surface area (Å²) >= 11 is 0.285. The summed E-state index contributed by atoms with van der Waals surface area (Å²) in [6.07, 6.45) is -9.07. The fraction of sp³-hybridized carbons (Fsp3) is 0.556. The zero-order chi connectivity index (χ0) is 23.6. The molecule has 0 radical (unpaired) electrons. The van der Waals surface area contributed by atoms with Crippen molar-refractivity contribution in [2.45, 2.75) is 49.8 Å². The number of hydrogen-bond donors (Lipinski definition) is 0. The number of halogens is 6. The predicted octanol–water partition coefficient (Wildman–Crippen LogP) is 3.62. The molecular weight excluding hydrogens is 466 g/mol. The van der Waals surface area contributed by atoms with Crippen molar-refractivity contribution >= 4 is 23.0 Å². The van der Waals surface area contributed by atoms with E-state index in [9.17, 15) is 35.9 Å². The number of likely N-dealkylation sites (tertiary alicyclic amines) is 1. The van der Waals surface area contributed by atoms with E-state index in [1.54, 1.807) is 0 Å². The number of piperidine rings is 1. The van der Waals surface area contributed by atoms with E-state index in [-0.39, 0.29) is 40.3 Å². The number of hydrogen-bond acceptors (Lipinski definition) is 6. The van der Waals surface area contributed by atoms with Gasteiger partial charge in [-0.15, -0.1) is 16.4 Å². The first-order valence-electron chi connectivity index (χ1n) is 9.37. The summed E-state index contributed by atoms with van der Waals surface area (Å²) in [5.74, 6) is -2.73. The average molecular weight is 482 g/mol. The molecule has 14 heteroatoms. The molecule has 174 valence electrons. The van der Waals surface area contributed by atoms with E-state index in [1.807, 2.05) is 0 Å². The van der Waals surface area contributed by atoms with Crippen molar-refractivity contribution in [1.82, 2.24) is 19.9 Å². The third-order valence-electron chi connectivity index (χ3n) is 5.63. The van der Waals surface area contributed by atoms with E-state index < -0.39 is 53.2 Å². The number of aromatic nitrogens is 3. The van der Waals surface area contributed by atoms with Gasteiger partial charge >= 0.3 is 18.3 Å². The molecule has 32 heavy (non-hydrogen) atoms. The summed E-state index contributed by atoms with van der Waals surface area (Å²) in [7, 11) is 1.48. The summed E-state index contributed by atoms with van der Waals surface area (Å²) < 4.78 is 87.0. The molecule has 4 heterocycles. The van der Waals surface area contributed by atoms with Gasteiger partial charge in [-0.1, -0.05) is 5.21 Å². The molecule has 2 aliphatic heterocycles. The van der Waals surface area contributed by atoms with Crippen LogP contribution >= 0.6 is 11.3 Å². The van der Waals surface area contributed by atoms with E-state index in [4.69, 9.17) is 4.74 Å². The van der Waals surface area contributed by atoms with Crippen LogP contribution in [0.1, 0.15) is 51.6 Å². The Morgan fingerprint density at radius 1 is 1.25 bits per heavy atom. The maximum Gasteiger partial charge on any atom is 0.471 e. The van der Waals surface area contributed by atoms with E-state index in [0.717, 1.165) is 6.07 Å². The Morgan fingerprint density at radius 2 is 1.94 bits per heavy atom. The number of carbonyl (C=O) groups is 2. The van der Waals surface area contributed by atoms with E-state index >= 15 is 0 Å². The van der Waals surface area contributed by atoms with E-state index in [2.05, 4.69) is 10.3 Å². The fourth-order valence-corrected chi connectivity index (χ4v) is 5.43. The first-order chi connectivity index (χ1) is 14.7. The molecule has 2 aliphatic rings. The van der Waals surface area contributed by atoms with Crippen LogP contribution in [0.2, 0.25) is 0 Å². The van der Waals surface area contributed by atoms with Gasteiger partial charge in [-0.2, -0.15) is 26.3 Å². The number of carbonyl (C=O) groups excluding carboxylic acids is 2. The number of rotatable bonds is 1. The zero-order valence-electron chi connectivity index (χ0n) is 16.6. The lowest BCUT2D eigenvalue weighted by molar-refractivity contribution is -0.200. The van der Waals surface area contributed by atoms with Crippen molar-refractivity contribution in [1.29, 1.82) is 0 Å². The molecule has 0 saturated carbocycles. The Hall–Kier alpha value is -2.48. The number of thiophene rings is 1. The standard InChI is InChI=1S/C18H16F6N4O3S/c1-8-4-16(9-3-13(17(19,20)21)32-14(9)12(29)7-31-16)5-11(10-6-27(2)26-25-10)28(8)15(30)18(22,23)24/h3,6,8,11H,4-5,7H2,1-2H3/t8-,11-,16?/m0/s1. The Labute approximate surface area is 180 Å². The van der Waals surface area contributed by atoms with Crippen LogP contribution in [-0.4, -0.2) is 50.4 Å². The molecule has 0 N–H and O–H groups in total. The molecule has 2 aromatic heterocycles. The average Bonchev–Trinajstić information content (AvgIpc) is 3.31. The van der Waals surface area contributed by atoms with Crippen molar-refractivity contribution in [3.8, 4) is 0 Å². The second-order valence-electron chi connectivity index (χ2n) is 7.86. The van der Waals surface area contributed by atoms with Crippen molar-refractivity contribution in [3.63, 3.8) is 0 Å². The number of ether oxygens (including phenoxy) is 1. The molecule has 1 unspecified atom stereocenters. The van der Waals surface area contributed by atoms with Gasteiger partial charge in [0, 0.05) is 31.5 Å². The van der Waals surface area contributed by atoms with Crippen molar-refractivity contribution < 1.29 is 40.7 Å². The van der Waals surface area contributed by atoms with Crippen LogP contribution in [-0.2, 0) is 28.4 Å². The van der Waals surface area contributed by atoms with Crippen molar-refractivity contribution in [2.24, 2.45) is 7.05 Å². The Kier molecular flexibility index (Phi) is 5.16. The Morgan fingerprint density at radius 3 is 2.50 bits per heavy atom. The van der Waals surface area contributed by atoms with Crippen LogP contribution in [0.25, 0.3) is 0 Å². The minimum absolute atomic E-state index is 0.0223. The Bertz CT molecular complexity index is 1080. The molecule has 1 amide bonds. The van der Waals surface area contributed by atoms with Gasteiger partial charge in [0.05, 0.1) is 22.7 Å². The highest BCUT2D eigenvalue weighted by Gasteiger charge is 2.56. The number of ketones is 1. The van der Waals surface area contributed by atoms with Gasteiger partial charge in [-0.25, -0.2) is 0 Å². The molecule has 0 aromatic carbocycles. The maximum atomic E-state index is 13.3. The van der Waals surface area contributed by atoms with Gasteiger partial charge < -0.3 is 9.64 Å². The smallest absolute Gasteiger partial charge is 0.362 e. The molecule has 0 aliphatic carbocycles. The number of fused-ring (bicyclic) bond motifs is 2. The van der Waals surface area contributed by atoms with Crippen molar-refractivity contribution in [2.75, 3.05) is 6.61 Å². The lowest BCUT2D eigenvalue weighted by Gasteiger charge is -2.50. The molecule has 4 rings (SSSR count). The minimum Gasteiger partial charge on any atom is -0.362 e. The second kappa shape index (κ2) is 7.27. The third-order valence-corrected chi connectivity index (χ3v) is 6.85. The largest absolute Gasteiger partial charge is 0.471 e. The molecule has 7 nitrogen and oxygen atoms in total. The van der Waals surface area contributed by atoms with Crippen LogP contribution in [0, 0.1) is 0 Å². The maximum absolute atomic E-state index is 13.3. The second-order valence-corrected chi connectivity index (χ2v) is 8.91. The molecule has 3 atom stereocenters. The van der Waals surface area contributed by atoms with Gasteiger partial charge in [0.15, 0.2) is 5.78 Å². The minimum atomic E-state index is -5.17. The van der Waals surface area contributed by atoms with Gasteiger partial charge in [0.2, 0.25) is 0 Å². The molecular formula is C18H16F6N4O3S. The monoisotopic (exact) mass is 482 g/mol. The summed E-state index contributed by atoms with van der Waals surface area (Å²) in [4.78, 5) is 24.0. The number of nitrogens with zero attached hydrogens (tertiary/aromatic N) is 4. The molecule has 0 bridgehead atoms. The fourth-order valence-electron chi connectivity index (χ4n) is 4.39. The number of alkyl halides is 6. The Balaban J connectivity index is 1.83. The SMILES string of the molecule is C[C@H]1CC2(C[C@@H](c3cn(C)nn3)N1C(=O)C(F)(F)F)OCC(=O)c1sc(C(F)(F)F)cc12. The molecule has 1 saturated heterocycles. The highest BCUT2D eigenvalue weighted by atomic mass is 32.1. The first-order valence-corrected chi connectivity index (χ1v) is 10.2. The normalized spacial score (nSPS) is 26.5. The highest BCUT2D eigenvalue weighted by Crippen LogP contribution is 2.53. The zero-order valence-corrected chi connectivity index (χ0v) is 17.4. The van der Waals surface area contributed by atoms with E-state index in [1.165, 1.54) is 24.9 Å². The number of aryl methyl sites for hydroxylation is 1. The lowest BCUT2D eigenvalue weighted by Crippen LogP contribution is -2.57. The quantitative estimate of drug-likeness (QED) is 0.581. The molecule has 1 spiro atoms. The topological polar surface area (TPSA) is 77.3 Å². The molecule has 1 fully saturated rings.